The number of non-ortho nitro benzene ring substituents is 2. The van der Waals surface area contributed by atoms with Gasteiger partial charge >= 0.3 is 5.69 Å². The lowest BCUT2D eigenvalue weighted by atomic mass is 10.1. The molecule has 0 unspecified atom stereocenters. The van der Waals surface area contributed by atoms with E-state index in [1.807, 2.05) is 36.0 Å². The fraction of sp³-hybridized carbons (Fsp3) is 0.100. The van der Waals surface area contributed by atoms with Gasteiger partial charge in [-0.25, -0.2) is 0 Å². The fourth-order valence-electron chi connectivity index (χ4n) is 2.78. The molecule has 32 heavy (non-hydrogen) atoms. The zero-order chi connectivity index (χ0) is 23.3. The second kappa shape index (κ2) is 9.38. The van der Waals surface area contributed by atoms with Gasteiger partial charge in [-0.1, -0.05) is 0 Å². The zero-order valence-corrected chi connectivity index (χ0v) is 16.7. The number of rotatable bonds is 8. The van der Waals surface area contributed by atoms with Crippen LogP contribution in [0.3, 0.4) is 0 Å². The Labute approximate surface area is 180 Å². The van der Waals surface area contributed by atoms with Crippen LogP contribution in [0.5, 0.6) is 0 Å². The highest BCUT2D eigenvalue weighted by molar-refractivity contribution is 6.00. The SMILES string of the molecule is Cc1cc[n+](C/C(=N/Nc2ccc([N+](=O)[O-])cc2[N+](=O)[O-])c2ccc([N+](=O)[O-])cc2)cc1. The van der Waals surface area contributed by atoms with Crippen molar-refractivity contribution in [2.75, 3.05) is 5.43 Å². The number of hydrazone groups is 1. The summed E-state index contributed by atoms with van der Waals surface area (Å²) >= 11 is 0. The topological polar surface area (TPSA) is 158 Å². The molecular weight excluding hydrogens is 420 g/mol. The minimum atomic E-state index is -0.745. The van der Waals surface area contributed by atoms with Crippen molar-refractivity contribution in [1.29, 1.82) is 0 Å². The van der Waals surface area contributed by atoms with Crippen LogP contribution in [-0.4, -0.2) is 20.5 Å². The molecule has 3 aromatic rings. The van der Waals surface area contributed by atoms with Crippen LogP contribution < -0.4 is 9.99 Å². The van der Waals surface area contributed by atoms with E-state index in [1.54, 1.807) is 0 Å². The lowest BCUT2D eigenvalue weighted by Gasteiger charge is -2.07. The van der Waals surface area contributed by atoms with E-state index >= 15 is 0 Å². The van der Waals surface area contributed by atoms with Crippen molar-refractivity contribution >= 4 is 28.5 Å². The van der Waals surface area contributed by atoms with Gasteiger partial charge in [0.05, 0.1) is 20.8 Å². The smallest absolute Gasteiger partial charge is 0.271 e. The van der Waals surface area contributed by atoms with Crippen LogP contribution >= 0.6 is 0 Å². The highest BCUT2D eigenvalue weighted by atomic mass is 16.6. The van der Waals surface area contributed by atoms with Crippen LogP contribution in [0.15, 0.2) is 72.1 Å². The molecule has 0 spiro atoms. The molecule has 0 saturated carbocycles. The van der Waals surface area contributed by atoms with Gasteiger partial charge in [0.1, 0.15) is 11.4 Å². The first-order valence-electron chi connectivity index (χ1n) is 9.20. The van der Waals surface area contributed by atoms with E-state index in [0.29, 0.717) is 11.3 Å². The highest BCUT2D eigenvalue weighted by Crippen LogP contribution is 2.29. The summed E-state index contributed by atoms with van der Waals surface area (Å²) in [6, 6.07) is 12.7. The fourth-order valence-corrected chi connectivity index (χ4v) is 2.78. The van der Waals surface area contributed by atoms with Crippen LogP contribution in [0.4, 0.5) is 22.7 Å². The first-order valence-corrected chi connectivity index (χ1v) is 9.20. The van der Waals surface area contributed by atoms with E-state index in [-0.39, 0.29) is 17.9 Å². The van der Waals surface area contributed by atoms with E-state index < -0.39 is 26.1 Å². The first kappa shape index (κ1) is 22.0. The van der Waals surface area contributed by atoms with Gasteiger partial charge in [-0.3, -0.25) is 35.8 Å². The van der Waals surface area contributed by atoms with Crippen molar-refractivity contribution < 1.29 is 19.3 Å². The molecule has 12 heteroatoms. The molecule has 3 rings (SSSR count). The average molecular weight is 437 g/mol. The van der Waals surface area contributed by atoms with E-state index in [9.17, 15) is 30.3 Å². The maximum absolute atomic E-state index is 11.4. The Morgan fingerprint density at radius 2 is 1.47 bits per heavy atom. The molecule has 1 heterocycles. The summed E-state index contributed by atoms with van der Waals surface area (Å²) in [7, 11) is 0. The van der Waals surface area contributed by atoms with E-state index in [4.69, 9.17) is 0 Å². The third kappa shape index (κ3) is 5.24. The Kier molecular flexibility index (Phi) is 6.44. The Hall–Kier alpha value is -4.74. The Morgan fingerprint density at radius 1 is 0.875 bits per heavy atom. The van der Waals surface area contributed by atoms with Crippen molar-refractivity contribution in [3.8, 4) is 0 Å². The van der Waals surface area contributed by atoms with Crippen LogP contribution in [0, 0.1) is 37.3 Å². The molecule has 1 aromatic heterocycles. The second-order valence-electron chi connectivity index (χ2n) is 6.74. The number of aromatic nitrogens is 1. The number of aryl methyl sites for hydroxylation is 1. The van der Waals surface area contributed by atoms with Crippen LogP contribution in [0.25, 0.3) is 0 Å². The van der Waals surface area contributed by atoms with Gasteiger partial charge in [0.2, 0.25) is 0 Å². The molecule has 0 atom stereocenters. The molecule has 0 aliphatic carbocycles. The van der Waals surface area contributed by atoms with Crippen molar-refractivity contribution in [3.05, 3.63) is 108 Å². The number of hydrogen-bond acceptors (Lipinski definition) is 8. The molecule has 0 saturated heterocycles. The molecule has 162 valence electrons. The number of nitro groups is 3. The van der Waals surface area contributed by atoms with Crippen molar-refractivity contribution in [1.82, 2.24) is 0 Å². The van der Waals surface area contributed by atoms with Gasteiger partial charge in [-0.05, 0) is 30.7 Å². The lowest BCUT2D eigenvalue weighted by molar-refractivity contribution is -0.681. The van der Waals surface area contributed by atoms with Gasteiger partial charge in [-0.15, -0.1) is 0 Å². The summed E-state index contributed by atoms with van der Waals surface area (Å²) < 4.78 is 1.82. The molecule has 0 fully saturated rings. The lowest BCUT2D eigenvalue weighted by Crippen LogP contribution is -2.37. The predicted octanol–water partition coefficient (Wildman–Crippen LogP) is 3.52. The van der Waals surface area contributed by atoms with Gasteiger partial charge in [0, 0.05) is 35.9 Å². The summed E-state index contributed by atoms with van der Waals surface area (Å²) in [5.74, 6) is 0. The maximum atomic E-state index is 11.4. The van der Waals surface area contributed by atoms with Gasteiger partial charge in [0.25, 0.3) is 11.4 Å². The third-order valence-corrected chi connectivity index (χ3v) is 4.50. The van der Waals surface area contributed by atoms with Crippen LogP contribution in [0.2, 0.25) is 0 Å². The van der Waals surface area contributed by atoms with E-state index in [1.165, 1.54) is 30.3 Å². The van der Waals surface area contributed by atoms with Crippen molar-refractivity contribution in [3.63, 3.8) is 0 Å². The molecule has 12 nitrogen and oxygen atoms in total. The van der Waals surface area contributed by atoms with Crippen LogP contribution in [0.1, 0.15) is 11.1 Å². The molecular formula is C20H17N6O6+. The monoisotopic (exact) mass is 437 g/mol. The Bertz CT molecular complexity index is 1210. The average Bonchev–Trinajstić information content (AvgIpc) is 2.77. The number of nitrogens with one attached hydrogen (secondary N) is 1. The van der Waals surface area contributed by atoms with Crippen molar-refractivity contribution in [2.24, 2.45) is 5.10 Å². The quantitative estimate of drug-likeness (QED) is 0.244. The largest absolute Gasteiger partial charge is 0.301 e. The summed E-state index contributed by atoms with van der Waals surface area (Å²) in [4.78, 5) is 31.2. The van der Waals surface area contributed by atoms with Gasteiger partial charge in [0.15, 0.2) is 18.9 Å². The number of pyridine rings is 1. The molecule has 2 aromatic carbocycles. The summed E-state index contributed by atoms with van der Waals surface area (Å²) in [5, 5.41) is 37.5. The zero-order valence-electron chi connectivity index (χ0n) is 16.7. The minimum Gasteiger partial charge on any atom is -0.271 e. The number of anilines is 1. The molecule has 0 amide bonds. The Balaban J connectivity index is 1.99. The number of hydrogen-bond donors (Lipinski definition) is 1. The summed E-state index contributed by atoms with van der Waals surface area (Å²) in [5.41, 5.74) is 3.60. The van der Waals surface area contributed by atoms with E-state index in [2.05, 4.69) is 10.5 Å². The molecule has 0 aliphatic heterocycles. The number of nitrogens with zero attached hydrogens (tertiary/aromatic N) is 5. The molecule has 0 radical (unpaired) electrons. The minimum absolute atomic E-state index is 0.0334. The van der Waals surface area contributed by atoms with Gasteiger partial charge in [-0.2, -0.15) is 9.67 Å². The number of nitro benzene ring substituents is 3. The Morgan fingerprint density at radius 3 is 2.03 bits per heavy atom. The molecule has 0 aliphatic rings. The standard InChI is InChI=1S/C20H17N6O6/c1-14-8-10-23(11-9-14)13-19(15-2-4-16(5-3-15)24(27)28)22-21-18-7-6-17(25(29)30)12-20(18)26(31)32/h2-12,21H,13H2,1H3/q+1/b22-19-. The third-order valence-electron chi connectivity index (χ3n) is 4.50. The molecule has 0 bridgehead atoms. The second-order valence-corrected chi connectivity index (χ2v) is 6.74. The normalized spacial score (nSPS) is 11.1. The first-order chi connectivity index (χ1) is 15.2. The highest BCUT2D eigenvalue weighted by Gasteiger charge is 2.20. The summed E-state index contributed by atoms with van der Waals surface area (Å²) in [6.07, 6.45) is 3.65. The summed E-state index contributed by atoms with van der Waals surface area (Å²) in [6.45, 7) is 2.19. The molecule has 1 N–H and O–H groups in total. The number of benzene rings is 2. The van der Waals surface area contributed by atoms with Crippen LogP contribution in [-0.2, 0) is 6.54 Å². The maximum Gasteiger partial charge on any atom is 0.301 e. The van der Waals surface area contributed by atoms with E-state index in [0.717, 1.165) is 17.7 Å². The predicted molar refractivity (Wildman–Crippen MR) is 114 cm³/mol. The van der Waals surface area contributed by atoms with Gasteiger partial charge < -0.3 is 0 Å². The van der Waals surface area contributed by atoms with Crippen molar-refractivity contribution in [2.45, 2.75) is 13.5 Å².